The first kappa shape index (κ1) is 22.9. The zero-order chi connectivity index (χ0) is 21.2. The molecule has 29 heavy (non-hydrogen) atoms. The lowest BCUT2D eigenvalue weighted by Crippen LogP contribution is -2.29. The van der Waals surface area contributed by atoms with E-state index in [1.807, 2.05) is 13.8 Å². The number of anilines is 1. The maximum absolute atomic E-state index is 12.5. The zero-order valence-electron chi connectivity index (χ0n) is 17.7. The molecule has 2 rings (SSSR count). The number of ether oxygens (including phenoxy) is 1. The van der Waals surface area contributed by atoms with Gasteiger partial charge in [0.25, 0.3) is 5.91 Å². The number of unbranched alkanes of at least 4 members (excludes halogenated alkanes) is 1. The van der Waals surface area contributed by atoms with E-state index in [2.05, 4.69) is 17.6 Å². The van der Waals surface area contributed by atoms with Crippen molar-refractivity contribution in [3.05, 3.63) is 29.8 Å². The lowest BCUT2D eigenvalue weighted by molar-refractivity contribution is -0.128. The van der Waals surface area contributed by atoms with Crippen molar-refractivity contribution in [1.82, 2.24) is 10.2 Å². The quantitative estimate of drug-likeness (QED) is 0.556. The molecule has 7 heteroatoms. The predicted molar refractivity (Wildman–Crippen MR) is 113 cm³/mol. The van der Waals surface area contributed by atoms with Gasteiger partial charge < -0.3 is 20.3 Å². The monoisotopic (exact) mass is 403 g/mol. The van der Waals surface area contributed by atoms with Gasteiger partial charge in [-0.05, 0) is 51.0 Å². The summed E-state index contributed by atoms with van der Waals surface area (Å²) in [6, 6.07) is 6.78. The minimum absolute atomic E-state index is 0.0458. The Hall–Kier alpha value is -2.41. The number of nitrogens with one attached hydrogen (secondary N) is 2. The second kappa shape index (κ2) is 11.6. The third-order valence-corrected chi connectivity index (χ3v) is 4.84. The molecule has 1 saturated heterocycles. The van der Waals surface area contributed by atoms with E-state index in [0.717, 1.165) is 19.3 Å². The van der Waals surface area contributed by atoms with Gasteiger partial charge >= 0.3 is 0 Å². The molecule has 160 valence electrons. The number of hydrogen-bond acceptors (Lipinski definition) is 4. The molecule has 1 atom stereocenters. The Balaban J connectivity index is 1.77. The summed E-state index contributed by atoms with van der Waals surface area (Å²) in [6.45, 7) is 8.39. The van der Waals surface area contributed by atoms with Crippen LogP contribution in [0, 0.1) is 5.92 Å². The molecule has 1 aromatic carbocycles. The van der Waals surface area contributed by atoms with Gasteiger partial charge in [-0.1, -0.05) is 13.3 Å². The second-order valence-electron chi connectivity index (χ2n) is 7.69. The predicted octanol–water partition coefficient (Wildman–Crippen LogP) is 2.82. The van der Waals surface area contributed by atoms with Crippen LogP contribution in [-0.2, 0) is 14.3 Å². The van der Waals surface area contributed by atoms with Crippen LogP contribution in [0.4, 0.5) is 5.69 Å². The number of carbonyl (C=O) groups excluding carboxylic acids is 3. The molecule has 1 aliphatic rings. The van der Waals surface area contributed by atoms with Crippen LogP contribution in [0.25, 0.3) is 0 Å². The Morgan fingerprint density at radius 1 is 1.21 bits per heavy atom. The van der Waals surface area contributed by atoms with Crippen molar-refractivity contribution in [3.63, 3.8) is 0 Å². The number of rotatable bonds is 11. The number of nitrogens with zero attached hydrogens (tertiary/aromatic N) is 1. The van der Waals surface area contributed by atoms with E-state index in [1.165, 1.54) is 0 Å². The smallest absolute Gasteiger partial charge is 0.251 e. The van der Waals surface area contributed by atoms with E-state index < -0.39 is 0 Å². The number of likely N-dealkylation sites (tertiary alicyclic amines) is 1. The summed E-state index contributed by atoms with van der Waals surface area (Å²) in [5.41, 5.74) is 1.16. The van der Waals surface area contributed by atoms with Crippen LogP contribution in [0.1, 0.15) is 56.8 Å². The zero-order valence-corrected chi connectivity index (χ0v) is 17.7. The van der Waals surface area contributed by atoms with E-state index in [9.17, 15) is 14.4 Å². The third-order valence-electron chi connectivity index (χ3n) is 4.84. The first-order valence-corrected chi connectivity index (χ1v) is 10.5. The van der Waals surface area contributed by atoms with Crippen molar-refractivity contribution in [2.24, 2.45) is 5.92 Å². The van der Waals surface area contributed by atoms with E-state index >= 15 is 0 Å². The molecule has 0 aromatic heterocycles. The van der Waals surface area contributed by atoms with Gasteiger partial charge in [0, 0.05) is 43.9 Å². The summed E-state index contributed by atoms with van der Waals surface area (Å²) in [4.78, 5) is 38.4. The Labute approximate surface area is 173 Å². The number of amides is 3. The van der Waals surface area contributed by atoms with Crippen LogP contribution < -0.4 is 10.6 Å². The fourth-order valence-electron chi connectivity index (χ4n) is 3.16. The van der Waals surface area contributed by atoms with Crippen LogP contribution >= 0.6 is 0 Å². The first-order valence-electron chi connectivity index (χ1n) is 10.5. The minimum atomic E-state index is -0.324. The minimum Gasteiger partial charge on any atom is -0.379 e. The standard InChI is InChI=1S/C22H33N3O4/c1-4-5-12-25-15-18(14-20(25)26)22(28)24-19-9-7-17(8-10-19)21(27)23-11-6-13-29-16(2)3/h7-10,16,18H,4-6,11-15H2,1-3H3,(H,23,27)(H,24,28). The molecule has 0 spiro atoms. The summed E-state index contributed by atoms with van der Waals surface area (Å²) in [6.07, 6.45) is 3.18. The van der Waals surface area contributed by atoms with Crippen LogP contribution in [0.3, 0.4) is 0 Å². The molecule has 0 aliphatic carbocycles. The van der Waals surface area contributed by atoms with E-state index in [1.54, 1.807) is 29.2 Å². The summed E-state index contributed by atoms with van der Waals surface area (Å²) < 4.78 is 5.44. The SMILES string of the molecule is CCCCN1CC(C(=O)Nc2ccc(C(=O)NCCCOC(C)C)cc2)CC1=O. The lowest BCUT2D eigenvalue weighted by atomic mass is 10.1. The molecule has 0 bridgehead atoms. The van der Waals surface area contributed by atoms with Gasteiger partial charge in [0.15, 0.2) is 0 Å². The van der Waals surface area contributed by atoms with Crippen molar-refractivity contribution in [1.29, 1.82) is 0 Å². The molecular weight excluding hydrogens is 370 g/mol. The third kappa shape index (κ3) is 7.49. The lowest BCUT2D eigenvalue weighted by Gasteiger charge is -2.16. The average Bonchev–Trinajstić information content (AvgIpc) is 3.07. The molecule has 1 fully saturated rings. The normalized spacial score (nSPS) is 16.3. The maximum Gasteiger partial charge on any atom is 0.251 e. The van der Waals surface area contributed by atoms with Crippen molar-refractivity contribution in [2.75, 3.05) is 31.6 Å². The molecule has 1 aromatic rings. The van der Waals surface area contributed by atoms with Crippen LogP contribution in [0.5, 0.6) is 0 Å². The molecule has 2 N–H and O–H groups in total. The molecule has 3 amide bonds. The van der Waals surface area contributed by atoms with Crippen LogP contribution in [0.15, 0.2) is 24.3 Å². The highest BCUT2D eigenvalue weighted by molar-refractivity contribution is 5.98. The van der Waals surface area contributed by atoms with Gasteiger partial charge in [-0.3, -0.25) is 14.4 Å². The maximum atomic E-state index is 12.5. The Morgan fingerprint density at radius 3 is 2.59 bits per heavy atom. The van der Waals surface area contributed by atoms with Crippen LogP contribution in [-0.4, -0.2) is 55.0 Å². The number of carbonyl (C=O) groups is 3. The molecule has 7 nitrogen and oxygen atoms in total. The van der Waals surface area contributed by atoms with Crippen molar-refractivity contribution >= 4 is 23.4 Å². The second-order valence-corrected chi connectivity index (χ2v) is 7.69. The summed E-state index contributed by atoms with van der Waals surface area (Å²) >= 11 is 0. The molecular formula is C22H33N3O4. The number of hydrogen-bond donors (Lipinski definition) is 2. The van der Waals surface area contributed by atoms with Gasteiger partial charge in [-0.2, -0.15) is 0 Å². The van der Waals surface area contributed by atoms with Gasteiger partial charge in [0.1, 0.15) is 0 Å². The largest absolute Gasteiger partial charge is 0.379 e. The van der Waals surface area contributed by atoms with Crippen molar-refractivity contribution < 1.29 is 19.1 Å². The van der Waals surface area contributed by atoms with Crippen molar-refractivity contribution in [3.8, 4) is 0 Å². The molecule has 1 heterocycles. The van der Waals surface area contributed by atoms with Gasteiger partial charge in [0.2, 0.25) is 11.8 Å². The van der Waals surface area contributed by atoms with Gasteiger partial charge in [-0.25, -0.2) is 0 Å². The molecule has 0 radical (unpaired) electrons. The Kier molecular flexibility index (Phi) is 9.12. The highest BCUT2D eigenvalue weighted by Crippen LogP contribution is 2.20. The van der Waals surface area contributed by atoms with E-state index in [4.69, 9.17) is 4.74 Å². The summed E-state index contributed by atoms with van der Waals surface area (Å²) in [5.74, 6) is -0.583. The molecule has 0 saturated carbocycles. The Morgan fingerprint density at radius 2 is 1.93 bits per heavy atom. The van der Waals surface area contributed by atoms with Crippen LogP contribution in [0.2, 0.25) is 0 Å². The summed E-state index contributed by atoms with van der Waals surface area (Å²) in [5, 5.41) is 5.71. The molecule has 1 unspecified atom stereocenters. The van der Waals surface area contributed by atoms with Gasteiger partial charge in [-0.15, -0.1) is 0 Å². The fourth-order valence-corrected chi connectivity index (χ4v) is 3.16. The molecule has 1 aliphatic heterocycles. The van der Waals surface area contributed by atoms with Crippen molar-refractivity contribution in [2.45, 2.75) is 52.6 Å². The Bertz CT molecular complexity index is 688. The average molecular weight is 404 g/mol. The highest BCUT2D eigenvalue weighted by Gasteiger charge is 2.33. The van der Waals surface area contributed by atoms with E-state index in [0.29, 0.717) is 37.5 Å². The van der Waals surface area contributed by atoms with E-state index in [-0.39, 0.29) is 36.2 Å². The summed E-state index contributed by atoms with van der Waals surface area (Å²) in [7, 11) is 0. The number of benzene rings is 1. The first-order chi connectivity index (χ1) is 13.9. The highest BCUT2D eigenvalue weighted by atomic mass is 16.5. The topological polar surface area (TPSA) is 87.7 Å². The fraction of sp³-hybridized carbons (Fsp3) is 0.591. The van der Waals surface area contributed by atoms with Gasteiger partial charge in [0.05, 0.1) is 12.0 Å².